The Kier molecular flexibility index (Phi) is 3.60. The summed E-state index contributed by atoms with van der Waals surface area (Å²) >= 11 is 0. The molecule has 1 N–H and O–H groups in total. The zero-order valence-corrected chi connectivity index (χ0v) is 13.0. The molecule has 1 heterocycles. The second-order valence-corrected chi connectivity index (χ2v) is 5.54. The third kappa shape index (κ3) is 2.46. The van der Waals surface area contributed by atoms with Crippen LogP contribution in [-0.4, -0.2) is 14.9 Å². The fraction of sp³-hybridized carbons (Fsp3) is 0. The molecule has 0 atom stereocenters. The molecule has 3 nitrogen and oxygen atoms in total. The van der Waals surface area contributed by atoms with Crippen molar-refractivity contribution in [3.8, 4) is 33.8 Å². The van der Waals surface area contributed by atoms with E-state index in [1.165, 1.54) is 0 Å². The van der Waals surface area contributed by atoms with E-state index in [1.807, 2.05) is 77.6 Å². The molecule has 0 amide bonds. The van der Waals surface area contributed by atoms with Crippen molar-refractivity contribution in [2.24, 2.45) is 0 Å². The van der Waals surface area contributed by atoms with E-state index in [9.17, 15) is 5.11 Å². The minimum absolute atomic E-state index is 0.243. The number of phenolic OH excluding ortho intramolecular Hbond substituents is 1. The van der Waals surface area contributed by atoms with Crippen molar-refractivity contribution in [3.63, 3.8) is 0 Å². The summed E-state index contributed by atoms with van der Waals surface area (Å²) in [5, 5.41) is 15.0. The third-order valence-corrected chi connectivity index (χ3v) is 4.01. The first kappa shape index (κ1) is 14.3. The molecule has 24 heavy (non-hydrogen) atoms. The summed E-state index contributed by atoms with van der Waals surface area (Å²) in [5.41, 5.74) is 4.65. The molecular weight excluding hydrogens is 296 g/mol. The molecule has 0 aliphatic heterocycles. The van der Waals surface area contributed by atoms with Crippen LogP contribution < -0.4 is 0 Å². The van der Waals surface area contributed by atoms with Crippen molar-refractivity contribution in [1.29, 1.82) is 0 Å². The molecule has 4 aromatic rings. The number of benzene rings is 3. The highest BCUT2D eigenvalue weighted by Gasteiger charge is 2.18. The van der Waals surface area contributed by atoms with Crippen molar-refractivity contribution in [2.45, 2.75) is 0 Å². The number of nitrogens with zero attached hydrogens (tertiary/aromatic N) is 2. The average molecular weight is 312 g/mol. The van der Waals surface area contributed by atoms with E-state index in [1.54, 1.807) is 6.07 Å². The lowest BCUT2D eigenvalue weighted by Crippen LogP contribution is -1.99. The topological polar surface area (TPSA) is 38.1 Å². The second-order valence-electron chi connectivity index (χ2n) is 5.54. The molecule has 116 valence electrons. The van der Waals surface area contributed by atoms with Crippen LogP contribution in [0.5, 0.6) is 5.75 Å². The van der Waals surface area contributed by atoms with Crippen molar-refractivity contribution in [3.05, 3.63) is 91.1 Å². The van der Waals surface area contributed by atoms with Crippen LogP contribution in [0.1, 0.15) is 0 Å². The first-order valence-electron chi connectivity index (χ1n) is 7.82. The molecule has 4 rings (SSSR count). The molecule has 3 aromatic carbocycles. The molecule has 0 aliphatic rings. The van der Waals surface area contributed by atoms with Crippen LogP contribution >= 0.6 is 0 Å². The van der Waals surface area contributed by atoms with Gasteiger partial charge < -0.3 is 5.11 Å². The zero-order valence-electron chi connectivity index (χ0n) is 13.0. The van der Waals surface area contributed by atoms with E-state index in [2.05, 4.69) is 17.2 Å². The maximum Gasteiger partial charge on any atom is 0.124 e. The van der Waals surface area contributed by atoms with Gasteiger partial charge in [0.25, 0.3) is 0 Å². The van der Waals surface area contributed by atoms with E-state index in [4.69, 9.17) is 0 Å². The molecule has 0 bridgehead atoms. The molecule has 1 aromatic heterocycles. The maximum absolute atomic E-state index is 10.4. The van der Waals surface area contributed by atoms with Gasteiger partial charge in [-0.2, -0.15) is 5.10 Å². The Hall–Kier alpha value is -3.33. The van der Waals surface area contributed by atoms with Crippen LogP contribution in [0.4, 0.5) is 0 Å². The fourth-order valence-corrected chi connectivity index (χ4v) is 2.88. The minimum atomic E-state index is 0.243. The number of para-hydroxylation sites is 2. The molecule has 0 aliphatic carbocycles. The van der Waals surface area contributed by atoms with Gasteiger partial charge in [-0.15, -0.1) is 0 Å². The van der Waals surface area contributed by atoms with Crippen LogP contribution in [0, 0.1) is 0 Å². The second kappa shape index (κ2) is 6.05. The summed E-state index contributed by atoms with van der Waals surface area (Å²) in [7, 11) is 0. The van der Waals surface area contributed by atoms with Crippen molar-refractivity contribution in [1.82, 2.24) is 9.78 Å². The minimum Gasteiger partial charge on any atom is -0.507 e. The van der Waals surface area contributed by atoms with E-state index in [0.717, 1.165) is 28.1 Å². The van der Waals surface area contributed by atoms with Crippen molar-refractivity contribution in [2.75, 3.05) is 0 Å². The summed E-state index contributed by atoms with van der Waals surface area (Å²) in [6.07, 6.45) is 1.85. The van der Waals surface area contributed by atoms with Gasteiger partial charge in [-0.25, -0.2) is 4.68 Å². The van der Waals surface area contributed by atoms with E-state index < -0.39 is 0 Å². The molecule has 0 radical (unpaired) electrons. The average Bonchev–Trinajstić information content (AvgIpc) is 3.08. The Labute approximate surface area is 140 Å². The van der Waals surface area contributed by atoms with Gasteiger partial charge in [-0.3, -0.25) is 0 Å². The van der Waals surface area contributed by atoms with Gasteiger partial charge in [-0.1, -0.05) is 60.7 Å². The summed E-state index contributed by atoms with van der Waals surface area (Å²) in [6, 6.07) is 27.4. The number of aromatic nitrogens is 2. The number of hydrogen-bond acceptors (Lipinski definition) is 2. The van der Waals surface area contributed by atoms with Gasteiger partial charge in [0, 0.05) is 11.1 Å². The lowest BCUT2D eigenvalue weighted by molar-refractivity contribution is 0.477. The Balaban J connectivity index is 2.00. The van der Waals surface area contributed by atoms with Crippen molar-refractivity contribution < 1.29 is 5.11 Å². The summed E-state index contributed by atoms with van der Waals surface area (Å²) in [5.74, 6) is 0.243. The summed E-state index contributed by atoms with van der Waals surface area (Å²) in [6.45, 7) is 0. The molecule has 0 spiro atoms. The lowest BCUT2D eigenvalue weighted by atomic mass is 10.0. The molecule has 3 heteroatoms. The monoisotopic (exact) mass is 312 g/mol. The number of rotatable bonds is 3. The predicted octanol–water partition coefficient (Wildman–Crippen LogP) is 4.91. The number of hydrogen-bond donors (Lipinski definition) is 1. The number of aromatic hydroxyl groups is 1. The summed E-state index contributed by atoms with van der Waals surface area (Å²) < 4.78 is 1.87. The normalized spacial score (nSPS) is 10.7. The smallest absolute Gasteiger partial charge is 0.124 e. The fourth-order valence-electron chi connectivity index (χ4n) is 2.88. The first-order valence-corrected chi connectivity index (χ1v) is 7.82. The van der Waals surface area contributed by atoms with Gasteiger partial charge in [0.05, 0.1) is 17.6 Å². The van der Waals surface area contributed by atoms with Gasteiger partial charge >= 0.3 is 0 Å². The Bertz CT molecular complexity index is 903. The molecule has 0 unspecified atom stereocenters. The van der Waals surface area contributed by atoms with Gasteiger partial charge in [0.15, 0.2) is 0 Å². The highest BCUT2D eigenvalue weighted by molar-refractivity contribution is 5.84. The Morgan fingerprint density at radius 1 is 0.667 bits per heavy atom. The van der Waals surface area contributed by atoms with E-state index in [-0.39, 0.29) is 5.75 Å². The molecular formula is C21H16N2O. The third-order valence-electron chi connectivity index (χ3n) is 4.01. The molecule has 0 fully saturated rings. The quantitative estimate of drug-likeness (QED) is 0.583. The highest BCUT2D eigenvalue weighted by atomic mass is 16.3. The van der Waals surface area contributed by atoms with Crippen LogP contribution in [0.2, 0.25) is 0 Å². The SMILES string of the molecule is Oc1ccccc1-c1c(-c2ccccc2)cnn1-c1ccccc1. The Morgan fingerprint density at radius 3 is 2.00 bits per heavy atom. The van der Waals surface area contributed by atoms with Crippen LogP contribution in [0.3, 0.4) is 0 Å². The van der Waals surface area contributed by atoms with Gasteiger partial charge in [0.1, 0.15) is 5.75 Å². The van der Waals surface area contributed by atoms with Crippen molar-refractivity contribution >= 4 is 0 Å². The molecule has 0 saturated heterocycles. The van der Waals surface area contributed by atoms with Crippen LogP contribution in [0.25, 0.3) is 28.1 Å². The Morgan fingerprint density at radius 2 is 1.29 bits per heavy atom. The zero-order chi connectivity index (χ0) is 16.4. The van der Waals surface area contributed by atoms with Crippen LogP contribution in [0.15, 0.2) is 91.1 Å². The van der Waals surface area contributed by atoms with E-state index in [0.29, 0.717) is 0 Å². The predicted molar refractivity (Wildman–Crippen MR) is 96.1 cm³/mol. The van der Waals surface area contributed by atoms with E-state index >= 15 is 0 Å². The largest absolute Gasteiger partial charge is 0.507 e. The van der Waals surface area contributed by atoms with Gasteiger partial charge in [0.2, 0.25) is 0 Å². The van der Waals surface area contributed by atoms with Crippen LogP contribution in [-0.2, 0) is 0 Å². The lowest BCUT2D eigenvalue weighted by Gasteiger charge is -2.11. The standard InChI is InChI=1S/C21H16N2O/c24-20-14-8-7-13-18(20)21-19(16-9-3-1-4-10-16)15-22-23(21)17-11-5-2-6-12-17/h1-15,24H. The summed E-state index contributed by atoms with van der Waals surface area (Å²) in [4.78, 5) is 0. The highest BCUT2D eigenvalue weighted by Crippen LogP contribution is 2.37. The number of phenols is 1. The van der Waals surface area contributed by atoms with Gasteiger partial charge in [-0.05, 0) is 29.8 Å². The first-order chi connectivity index (χ1) is 11.8. The molecule has 0 saturated carbocycles. The maximum atomic E-state index is 10.4.